The monoisotopic (exact) mass is 141 g/mol. The number of hydrogen-bond donors (Lipinski definition) is 2. The number of nitrogens with one attached hydrogen (secondary N) is 1. The summed E-state index contributed by atoms with van der Waals surface area (Å²) in [5.41, 5.74) is -0.589. The van der Waals surface area contributed by atoms with E-state index in [0.717, 1.165) is 19.5 Å². The lowest BCUT2D eigenvalue weighted by atomic mass is 9.56. The summed E-state index contributed by atoms with van der Waals surface area (Å²) in [5.74, 6) is 0.589. The molecule has 2 aliphatic heterocycles. The van der Waals surface area contributed by atoms with E-state index in [-0.39, 0.29) is 5.60 Å². The number of aliphatic hydroxyl groups is 1. The second-order valence-electron chi connectivity index (χ2n) is 3.74. The molecule has 3 heteroatoms. The summed E-state index contributed by atoms with van der Waals surface area (Å²) >= 11 is 0. The highest BCUT2D eigenvalue weighted by molar-refractivity contribution is 5.25. The normalized spacial score (nSPS) is 63.9. The van der Waals surface area contributed by atoms with Crippen molar-refractivity contribution in [2.24, 2.45) is 5.92 Å². The maximum atomic E-state index is 9.76. The molecule has 3 nitrogen and oxygen atoms in total. The van der Waals surface area contributed by atoms with Crippen LogP contribution >= 0.6 is 0 Å². The van der Waals surface area contributed by atoms with Crippen molar-refractivity contribution >= 4 is 0 Å². The van der Waals surface area contributed by atoms with Crippen molar-refractivity contribution in [3.05, 3.63) is 0 Å². The molecule has 3 aliphatic rings. The molecule has 3 atom stereocenters. The molecule has 10 heavy (non-hydrogen) atoms. The van der Waals surface area contributed by atoms with Gasteiger partial charge >= 0.3 is 0 Å². The van der Waals surface area contributed by atoms with Crippen LogP contribution in [0.25, 0.3) is 0 Å². The van der Waals surface area contributed by atoms with Crippen molar-refractivity contribution in [3.63, 3.8) is 0 Å². The molecule has 0 aromatic carbocycles. The van der Waals surface area contributed by atoms with Crippen LogP contribution in [0.4, 0.5) is 0 Å². The number of hydrogen-bond acceptors (Lipinski definition) is 3. The summed E-state index contributed by atoms with van der Waals surface area (Å²) in [4.78, 5) is 0. The Hall–Kier alpha value is -0.120. The fourth-order valence-electron chi connectivity index (χ4n) is 2.62. The Morgan fingerprint density at radius 2 is 2.50 bits per heavy atom. The first-order valence-corrected chi connectivity index (χ1v) is 3.84. The molecule has 2 N–H and O–H groups in total. The van der Waals surface area contributed by atoms with Crippen LogP contribution in [0.2, 0.25) is 0 Å². The lowest BCUT2D eigenvalue weighted by Gasteiger charge is -2.65. The first-order valence-electron chi connectivity index (χ1n) is 3.84. The Labute approximate surface area is 59.4 Å². The summed E-state index contributed by atoms with van der Waals surface area (Å²) in [6.07, 6.45) is 0.944. The van der Waals surface area contributed by atoms with Gasteiger partial charge < -0.3 is 15.2 Å². The standard InChI is InChI=1S/C7H11NO2/c9-6-1-5-2-8-3-7(5,6)10-4-6/h5,8-9H,1-4H2. The Morgan fingerprint density at radius 1 is 1.60 bits per heavy atom. The zero-order valence-corrected chi connectivity index (χ0v) is 5.76. The van der Waals surface area contributed by atoms with Crippen molar-refractivity contribution in [1.82, 2.24) is 5.32 Å². The van der Waals surface area contributed by atoms with E-state index in [0.29, 0.717) is 12.5 Å². The third-order valence-corrected chi connectivity index (χ3v) is 3.38. The third-order valence-electron chi connectivity index (χ3n) is 3.38. The maximum Gasteiger partial charge on any atom is 0.119 e. The van der Waals surface area contributed by atoms with E-state index in [1.54, 1.807) is 0 Å². The molecule has 1 aliphatic carbocycles. The molecule has 2 saturated heterocycles. The molecule has 1 spiro atoms. The van der Waals surface area contributed by atoms with E-state index in [4.69, 9.17) is 4.74 Å². The smallest absolute Gasteiger partial charge is 0.119 e. The second-order valence-corrected chi connectivity index (χ2v) is 3.74. The second kappa shape index (κ2) is 1.26. The Balaban J connectivity index is 1.99. The minimum Gasteiger partial charge on any atom is -0.384 e. The van der Waals surface area contributed by atoms with Crippen LogP contribution in [0.5, 0.6) is 0 Å². The average molecular weight is 141 g/mol. The number of rotatable bonds is 0. The van der Waals surface area contributed by atoms with E-state index in [1.807, 2.05) is 0 Å². The van der Waals surface area contributed by atoms with Gasteiger partial charge in [-0.05, 0) is 6.42 Å². The van der Waals surface area contributed by atoms with Gasteiger partial charge in [-0.15, -0.1) is 0 Å². The first kappa shape index (κ1) is 5.52. The van der Waals surface area contributed by atoms with E-state index >= 15 is 0 Å². The van der Waals surface area contributed by atoms with Gasteiger partial charge in [0.2, 0.25) is 0 Å². The summed E-state index contributed by atoms with van der Waals surface area (Å²) in [7, 11) is 0. The molecule has 0 aromatic heterocycles. The number of ether oxygens (including phenoxy) is 1. The van der Waals surface area contributed by atoms with Crippen molar-refractivity contribution in [3.8, 4) is 0 Å². The van der Waals surface area contributed by atoms with E-state index < -0.39 is 5.60 Å². The van der Waals surface area contributed by atoms with Gasteiger partial charge in [-0.1, -0.05) is 0 Å². The van der Waals surface area contributed by atoms with Crippen LogP contribution in [-0.2, 0) is 4.74 Å². The lowest BCUT2D eigenvalue weighted by Crippen LogP contribution is -2.80. The van der Waals surface area contributed by atoms with E-state index in [2.05, 4.69) is 5.32 Å². The SMILES string of the molecule is OC12COC13CNCC3C2. The summed E-state index contributed by atoms with van der Waals surface area (Å²) < 4.78 is 5.43. The van der Waals surface area contributed by atoms with Crippen molar-refractivity contribution in [2.75, 3.05) is 19.7 Å². The van der Waals surface area contributed by atoms with Gasteiger partial charge in [-0.3, -0.25) is 0 Å². The van der Waals surface area contributed by atoms with Gasteiger partial charge in [-0.2, -0.15) is 0 Å². The predicted molar refractivity (Wildman–Crippen MR) is 34.6 cm³/mol. The molecule has 0 aromatic rings. The van der Waals surface area contributed by atoms with Gasteiger partial charge in [0.15, 0.2) is 0 Å². The highest BCUT2D eigenvalue weighted by Crippen LogP contribution is 2.58. The molecule has 0 amide bonds. The Morgan fingerprint density at radius 3 is 2.90 bits per heavy atom. The van der Waals surface area contributed by atoms with Crippen LogP contribution in [0, 0.1) is 5.92 Å². The molecule has 1 saturated carbocycles. The van der Waals surface area contributed by atoms with Crippen LogP contribution in [0.3, 0.4) is 0 Å². The van der Waals surface area contributed by atoms with Crippen LogP contribution < -0.4 is 5.32 Å². The molecular formula is C7H11NO2. The highest BCUT2D eigenvalue weighted by atomic mass is 16.6. The molecule has 3 rings (SSSR count). The minimum absolute atomic E-state index is 0.146. The maximum absolute atomic E-state index is 9.76. The van der Waals surface area contributed by atoms with Crippen molar-refractivity contribution < 1.29 is 9.84 Å². The van der Waals surface area contributed by atoms with Gasteiger partial charge in [0, 0.05) is 19.0 Å². The fourth-order valence-corrected chi connectivity index (χ4v) is 2.62. The largest absolute Gasteiger partial charge is 0.384 e. The first-order chi connectivity index (χ1) is 4.77. The van der Waals surface area contributed by atoms with Gasteiger partial charge in [0.25, 0.3) is 0 Å². The lowest BCUT2D eigenvalue weighted by molar-refractivity contribution is -0.372. The van der Waals surface area contributed by atoms with E-state index in [9.17, 15) is 5.11 Å². The van der Waals surface area contributed by atoms with E-state index in [1.165, 1.54) is 0 Å². The Kier molecular flexibility index (Phi) is 0.698. The highest BCUT2D eigenvalue weighted by Gasteiger charge is 2.74. The van der Waals surface area contributed by atoms with Crippen LogP contribution in [0.1, 0.15) is 6.42 Å². The minimum atomic E-state index is -0.443. The molecule has 2 heterocycles. The molecule has 0 radical (unpaired) electrons. The van der Waals surface area contributed by atoms with Crippen molar-refractivity contribution in [2.45, 2.75) is 17.6 Å². The van der Waals surface area contributed by atoms with Crippen molar-refractivity contribution in [1.29, 1.82) is 0 Å². The summed E-state index contributed by atoms with van der Waals surface area (Å²) in [5, 5.41) is 13.0. The quantitative estimate of drug-likeness (QED) is 0.460. The molecule has 0 bridgehead atoms. The topological polar surface area (TPSA) is 41.5 Å². The zero-order chi connectivity index (χ0) is 6.82. The molecule has 56 valence electrons. The van der Waals surface area contributed by atoms with Gasteiger partial charge in [-0.25, -0.2) is 0 Å². The van der Waals surface area contributed by atoms with Crippen LogP contribution in [-0.4, -0.2) is 36.0 Å². The van der Waals surface area contributed by atoms with Gasteiger partial charge in [0.1, 0.15) is 11.2 Å². The fraction of sp³-hybridized carbons (Fsp3) is 1.00. The molecule has 3 fully saturated rings. The summed E-state index contributed by atoms with van der Waals surface area (Å²) in [6, 6.07) is 0. The predicted octanol–water partition coefficient (Wildman–Crippen LogP) is -0.890. The average Bonchev–Trinajstić information content (AvgIpc) is 2.30. The summed E-state index contributed by atoms with van der Waals surface area (Å²) in [6.45, 7) is 2.45. The van der Waals surface area contributed by atoms with Gasteiger partial charge in [0.05, 0.1) is 6.61 Å². The Bertz CT molecular complexity index is 196. The zero-order valence-electron chi connectivity index (χ0n) is 5.76. The molecule has 3 unspecified atom stereocenters. The third kappa shape index (κ3) is 0.325. The molecular weight excluding hydrogens is 130 g/mol. The van der Waals surface area contributed by atoms with Crippen LogP contribution in [0.15, 0.2) is 0 Å².